The Labute approximate surface area is 158 Å². The summed E-state index contributed by atoms with van der Waals surface area (Å²) in [6.45, 7) is 0. The number of methoxy groups -OCH3 is 1. The Morgan fingerprint density at radius 1 is 1.11 bits per heavy atom. The van der Waals surface area contributed by atoms with Gasteiger partial charge in [-0.15, -0.1) is 11.3 Å². The molecule has 1 aromatic heterocycles. The molecule has 0 bridgehead atoms. The fourth-order valence-corrected chi connectivity index (χ4v) is 3.22. The quantitative estimate of drug-likeness (QED) is 0.631. The van der Waals surface area contributed by atoms with Gasteiger partial charge in [-0.1, -0.05) is 30.3 Å². The van der Waals surface area contributed by atoms with Crippen molar-refractivity contribution >= 4 is 23.5 Å². The van der Waals surface area contributed by atoms with Crippen molar-refractivity contribution in [1.82, 2.24) is 4.98 Å². The number of aliphatic hydroxyl groups excluding tert-OH is 1. The number of aliphatic hydroxyl groups is 1. The molecule has 3 aromatic rings. The van der Waals surface area contributed by atoms with Crippen LogP contribution in [-0.4, -0.2) is 17.2 Å². The summed E-state index contributed by atoms with van der Waals surface area (Å²) in [6.07, 6.45) is -1.85. The lowest BCUT2D eigenvalue weighted by molar-refractivity contribution is -0.137. The van der Waals surface area contributed by atoms with E-state index in [4.69, 9.17) is 4.74 Å². The first kappa shape index (κ1) is 19.1. The van der Waals surface area contributed by atoms with Gasteiger partial charge in [0.15, 0.2) is 0 Å². The standard InChI is InChI=1S/C20H16F3NO2S/c1-26-17-4-2-3-14(11-17)18(25)19-24-16(12-27-19)10-7-13-5-8-15(9-6-13)20(21,22)23/h2-12,18,25H,1H3/b10-7+. The van der Waals surface area contributed by atoms with Crippen molar-refractivity contribution in [3.8, 4) is 5.75 Å². The maximum Gasteiger partial charge on any atom is 0.416 e. The molecule has 140 valence electrons. The molecule has 7 heteroatoms. The van der Waals surface area contributed by atoms with E-state index in [1.54, 1.807) is 48.9 Å². The van der Waals surface area contributed by atoms with E-state index in [-0.39, 0.29) is 0 Å². The number of hydrogen-bond acceptors (Lipinski definition) is 4. The van der Waals surface area contributed by atoms with E-state index in [1.165, 1.54) is 23.5 Å². The SMILES string of the molecule is COc1cccc(C(O)c2nc(/C=C/c3ccc(C(F)(F)F)cc3)cs2)c1. The largest absolute Gasteiger partial charge is 0.497 e. The van der Waals surface area contributed by atoms with Crippen LogP contribution in [-0.2, 0) is 6.18 Å². The van der Waals surface area contributed by atoms with Gasteiger partial charge in [-0.2, -0.15) is 13.2 Å². The molecule has 0 aliphatic carbocycles. The van der Waals surface area contributed by atoms with Crippen LogP contribution in [0.1, 0.15) is 33.5 Å². The molecule has 1 N–H and O–H groups in total. The summed E-state index contributed by atoms with van der Waals surface area (Å²) in [5.74, 6) is 0.644. The Bertz CT molecular complexity index is 933. The van der Waals surface area contributed by atoms with Crippen LogP contribution in [0.25, 0.3) is 12.2 Å². The Morgan fingerprint density at radius 2 is 1.85 bits per heavy atom. The van der Waals surface area contributed by atoms with Crippen LogP contribution in [0, 0.1) is 0 Å². The molecule has 0 aliphatic rings. The highest BCUT2D eigenvalue weighted by atomic mass is 32.1. The van der Waals surface area contributed by atoms with Crippen LogP contribution in [0.4, 0.5) is 13.2 Å². The molecule has 3 rings (SSSR count). The number of halogens is 3. The highest BCUT2D eigenvalue weighted by Crippen LogP contribution is 2.30. The molecular formula is C20H16F3NO2S. The van der Waals surface area contributed by atoms with E-state index in [0.717, 1.165) is 12.1 Å². The summed E-state index contributed by atoms with van der Waals surface area (Å²) in [7, 11) is 1.55. The zero-order chi connectivity index (χ0) is 19.4. The molecule has 0 aliphatic heterocycles. The summed E-state index contributed by atoms with van der Waals surface area (Å²) < 4.78 is 42.9. The fraction of sp³-hybridized carbons (Fsp3) is 0.150. The van der Waals surface area contributed by atoms with E-state index in [0.29, 0.717) is 27.6 Å². The summed E-state index contributed by atoms with van der Waals surface area (Å²) in [5.41, 5.74) is 1.24. The van der Waals surface area contributed by atoms with Crippen molar-refractivity contribution in [2.45, 2.75) is 12.3 Å². The molecule has 3 nitrogen and oxygen atoms in total. The predicted octanol–water partition coefficient (Wildman–Crippen LogP) is 5.42. The summed E-state index contributed by atoms with van der Waals surface area (Å²) in [4.78, 5) is 4.37. The van der Waals surface area contributed by atoms with Gasteiger partial charge in [-0.3, -0.25) is 0 Å². The van der Waals surface area contributed by atoms with Crippen LogP contribution >= 0.6 is 11.3 Å². The Morgan fingerprint density at radius 3 is 2.52 bits per heavy atom. The molecule has 0 radical (unpaired) electrons. The minimum atomic E-state index is -4.34. The van der Waals surface area contributed by atoms with Gasteiger partial charge in [0.1, 0.15) is 16.9 Å². The number of benzene rings is 2. The number of nitrogens with zero attached hydrogens (tertiary/aromatic N) is 1. The number of ether oxygens (including phenoxy) is 1. The topological polar surface area (TPSA) is 42.4 Å². The van der Waals surface area contributed by atoms with Crippen molar-refractivity contribution < 1.29 is 23.0 Å². The van der Waals surface area contributed by atoms with E-state index < -0.39 is 17.8 Å². The van der Waals surface area contributed by atoms with Crippen LogP contribution in [0.3, 0.4) is 0 Å². The molecular weight excluding hydrogens is 375 g/mol. The lowest BCUT2D eigenvalue weighted by atomic mass is 10.1. The molecule has 0 spiro atoms. The van der Waals surface area contributed by atoms with Gasteiger partial charge in [-0.05, 0) is 41.5 Å². The molecule has 0 fully saturated rings. The third-order valence-electron chi connectivity index (χ3n) is 3.87. The molecule has 0 amide bonds. The predicted molar refractivity (Wildman–Crippen MR) is 99.5 cm³/mol. The first-order valence-corrected chi connectivity index (χ1v) is 8.87. The van der Waals surface area contributed by atoms with Gasteiger partial charge in [0.2, 0.25) is 0 Å². The first-order valence-electron chi connectivity index (χ1n) is 7.99. The second-order valence-electron chi connectivity index (χ2n) is 5.74. The van der Waals surface area contributed by atoms with Gasteiger partial charge >= 0.3 is 6.18 Å². The third-order valence-corrected chi connectivity index (χ3v) is 4.78. The summed E-state index contributed by atoms with van der Waals surface area (Å²) >= 11 is 1.30. The molecule has 1 atom stereocenters. The van der Waals surface area contributed by atoms with E-state index >= 15 is 0 Å². The zero-order valence-electron chi connectivity index (χ0n) is 14.3. The summed E-state index contributed by atoms with van der Waals surface area (Å²) in [5, 5.41) is 12.8. The van der Waals surface area contributed by atoms with Crippen molar-refractivity contribution in [1.29, 1.82) is 0 Å². The van der Waals surface area contributed by atoms with Gasteiger partial charge in [0.05, 0.1) is 18.4 Å². The minimum Gasteiger partial charge on any atom is -0.497 e. The maximum absolute atomic E-state index is 12.6. The van der Waals surface area contributed by atoms with E-state index in [2.05, 4.69) is 4.98 Å². The average Bonchev–Trinajstić information content (AvgIpc) is 3.14. The first-order chi connectivity index (χ1) is 12.9. The number of rotatable bonds is 5. The smallest absolute Gasteiger partial charge is 0.416 e. The second-order valence-corrected chi connectivity index (χ2v) is 6.63. The molecule has 0 saturated carbocycles. The second kappa shape index (κ2) is 7.94. The molecule has 0 saturated heterocycles. The molecule has 1 unspecified atom stereocenters. The van der Waals surface area contributed by atoms with Gasteiger partial charge < -0.3 is 9.84 Å². The van der Waals surface area contributed by atoms with E-state index in [1.807, 2.05) is 0 Å². The number of alkyl halides is 3. The highest BCUT2D eigenvalue weighted by molar-refractivity contribution is 7.09. The molecule has 1 heterocycles. The Balaban J connectivity index is 1.72. The lowest BCUT2D eigenvalue weighted by Gasteiger charge is -2.09. The normalized spacial score (nSPS) is 13.1. The van der Waals surface area contributed by atoms with Crippen LogP contribution in [0.2, 0.25) is 0 Å². The number of thiazole rings is 1. The van der Waals surface area contributed by atoms with Crippen LogP contribution in [0.5, 0.6) is 5.75 Å². The zero-order valence-corrected chi connectivity index (χ0v) is 15.1. The fourth-order valence-electron chi connectivity index (χ4n) is 2.42. The van der Waals surface area contributed by atoms with Gasteiger partial charge in [0.25, 0.3) is 0 Å². The third kappa shape index (κ3) is 4.75. The van der Waals surface area contributed by atoms with Crippen molar-refractivity contribution in [2.24, 2.45) is 0 Å². The van der Waals surface area contributed by atoms with Crippen LogP contribution < -0.4 is 4.74 Å². The van der Waals surface area contributed by atoms with Crippen LogP contribution in [0.15, 0.2) is 53.9 Å². The number of aromatic nitrogens is 1. The molecule has 2 aromatic carbocycles. The average molecular weight is 391 g/mol. The Kier molecular flexibility index (Phi) is 5.62. The van der Waals surface area contributed by atoms with E-state index in [9.17, 15) is 18.3 Å². The monoisotopic (exact) mass is 391 g/mol. The maximum atomic E-state index is 12.6. The number of hydrogen-bond donors (Lipinski definition) is 1. The lowest BCUT2D eigenvalue weighted by Crippen LogP contribution is -2.03. The van der Waals surface area contributed by atoms with Crippen molar-refractivity contribution in [2.75, 3.05) is 7.11 Å². The van der Waals surface area contributed by atoms with Crippen molar-refractivity contribution in [3.05, 3.63) is 81.3 Å². The Hall–Kier alpha value is -2.64. The van der Waals surface area contributed by atoms with Gasteiger partial charge in [0, 0.05) is 5.38 Å². The summed E-state index contributed by atoms with van der Waals surface area (Å²) in [6, 6.07) is 12.0. The van der Waals surface area contributed by atoms with Crippen molar-refractivity contribution in [3.63, 3.8) is 0 Å². The molecule has 27 heavy (non-hydrogen) atoms. The van der Waals surface area contributed by atoms with Gasteiger partial charge in [-0.25, -0.2) is 4.98 Å². The minimum absolute atomic E-state index is 0.523. The highest BCUT2D eigenvalue weighted by Gasteiger charge is 2.29.